The Balaban J connectivity index is 0.000000371. The van der Waals surface area contributed by atoms with E-state index in [1.54, 1.807) is 31.6 Å². The summed E-state index contributed by atoms with van der Waals surface area (Å²) < 4.78 is 4.87. The second-order valence-electron chi connectivity index (χ2n) is 1.39. The first kappa shape index (κ1) is 8.62. The molecule has 1 heterocycles. The van der Waals surface area contributed by atoms with Gasteiger partial charge in [0.25, 0.3) is 0 Å². The number of methoxy groups -OCH3 is 1. The Morgan fingerprint density at radius 1 is 1.40 bits per heavy atom. The number of carbonyl (C=O) groups excluding carboxylic acids is 1. The van der Waals surface area contributed by atoms with Crippen LogP contribution in [0.15, 0.2) is 24.5 Å². The van der Waals surface area contributed by atoms with Gasteiger partial charge in [-0.2, -0.15) is 0 Å². The standard InChI is InChI=1S/C6H7NO.CH2O/c1-8-6-2-4-7-5-3-6;1-2/h2-5H,1H3;1H2. The van der Waals surface area contributed by atoms with Crippen LogP contribution in [0, 0.1) is 0 Å². The Morgan fingerprint density at radius 2 is 1.90 bits per heavy atom. The van der Waals surface area contributed by atoms with Gasteiger partial charge in [-0.1, -0.05) is 0 Å². The average molecular weight is 139 g/mol. The van der Waals surface area contributed by atoms with E-state index in [9.17, 15) is 0 Å². The van der Waals surface area contributed by atoms with Crippen molar-refractivity contribution in [3.05, 3.63) is 24.5 Å². The van der Waals surface area contributed by atoms with Crippen molar-refractivity contribution in [2.75, 3.05) is 7.11 Å². The molecule has 0 atom stereocenters. The third kappa shape index (κ3) is 2.81. The van der Waals surface area contributed by atoms with Crippen molar-refractivity contribution in [2.45, 2.75) is 0 Å². The highest BCUT2D eigenvalue weighted by molar-refractivity contribution is 5.16. The summed E-state index contributed by atoms with van der Waals surface area (Å²) in [6, 6.07) is 3.61. The molecular formula is C7H9NO2. The predicted molar refractivity (Wildman–Crippen MR) is 37.9 cm³/mol. The number of hydrogen-bond donors (Lipinski definition) is 0. The lowest BCUT2D eigenvalue weighted by molar-refractivity contribution is -0.0979. The zero-order valence-electron chi connectivity index (χ0n) is 5.78. The van der Waals surface area contributed by atoms with Crippen LogP contribution in [0.1, 0.15) is 0 Å². The van der Waals surface area contributed by atoms with E-state index in [-0.39, 0.29) is 0 Å². The molecule has 1 aromatic rings. The molecule has 3 heteroatoms. The summed E-state index contributed by atoms with van der Waals surface area (Å²) in [5.41, 5.74) is 0. The topological polar surface area (TPSA) is 39.2 Å². The van der Waals surface area contributed by atoms with E-state index >= 15 is 0 Å². The summed E-state index contributed by atoms with van der Waals surface area (Å²) in [6.45, 7) is 2.00. The summed E-state index contributed by atoms with van der Waals surface area (Å²) in [6.07, 6.45) is 3.39. The van der Waals surface area contributed by atoms with Crippen LogP contribution in [0.2, 0.25) is 0 Å². The van der Waals surface area contributed by atoms with E-state index in [2.05, 4.69) is 4.98 Å². The maximum absolute atomic E-state index is 8.00. The number of pyridine rings is 1. The van der Waals surface area contributed by atoms with Gasteiger partial charge in [-0.25, -0.2) is 0 Å². The lowest BCUT2D eigenvalue weighted by Crippen LogP contribution is -1.80. The van der Waals surface area contributed by atoms with Crippen molar-refractivity contribution in [3.8, 4) is 5.75 Å². The van der Waals surface area contributed by atoms with Gasteiger partial charge >= 0.3 is 0 Å². The van der Waals surface area contributed by atoms with Gasteiger partial charge in [0.15, 0.2) is 0 Å². The lowest BCUT2D eigenvalue weighted by atomic mass is 10.5. The van der Waals surface area contributed by atoms with E-state index in [1.165, 1.54) is 0 Å². The second kappa shape index (κ2) is 5.75. The maximum Gasteiger partial charge on any atom is 0.121 e. The molecule has 0 aliphatic rings. The smallest absolute Gasteiger partial charge is 0.121 e. The van der Waals surface area contributed by atoms with Crippen LogP contribution in [-0.2, 0) is 4.79 Å². The molecule has 0 aliphatic heterocycles. The van der Waals surface area contributed by atoms with Crippen molar-refractivity contribution in [3.63, 3.8) is 0 Å². The third-order valence-corrected chi connectivity index (χ3v) is 0.885. The normalized spacial score (nSPS) is 7.30. The molecule has 10 heavy (non-hydrogen) atoms. The SMILES string of the molecule is C=O.COc1ccncc1. The first-order chi connectivity index (χ1) is 4.93. The zero-order chi connectivity index (χ0) is 7.82. The first-order valence-electron chi connectivity index (χ1n) is 2.66. The van der Waals surface area contributed by atoms with Gasteiger partial charge in [0.05, 0.1) is 7.11 Å². The fraction of sp³-hybridized carbons (Fsp3) is 0.143. The summed E-state index contributed by atoms with van der Waals surface area (Å²) in [5, 5.41) is 0. The first-order valence-corrected chi connectivity index (χ1v) is 2.66. The number of hydrogen-bond acceptors (Lipinski definition) is 3. The largest absolute Gasteiger partial charge is 0.497 e. The highest BCUT2D eigenvalue weighted by Crippen LogP contribution is 2.03. The van der Waals surface area contributed by atoms with Crippen molar-refractivity contribution in [1.29, 1.82) is 0 Å². The number of ether oxygens (including phenoxy) is 1. The van der Waals surface area contributed by atoms with Crippen LogP contribution in [0.5, 0.6) is 5.75 Å². The average Bonchev–Trinajstić information content (AvgIpc) is 2.10. The minimum Gasteiger partial charge on any atom is -0.497 e. The Morgan fingerprint density at radius 3 is 2.20 bits per heavy atom. The Bertz CT molecular complexity index is 165. The van der Waals surface area contributed by atoms with Crippen molar-refractivity contribution < 1.29 is 9.53 Å². The molecule has 0 unspecified atom stereocenters. The molecule has 0 saturated heterocycles. The quantitative estimate of drug-likeness (QED) is 0.580. The van der Waals surface area contributed by atoms with Gasteiger partial charge in [-0.15, -0.1) is 0 Å². The molecule has 0 bridgehead atoms. The molecule has 0 aromatic carbocycles. The van der Waals surface area contributed by atoms with Gasteiger partial charge in [0, 0.05) is 12.4 Å². The maximum atomic E-state index is 8.00. The van der Waals surface area contributed by atoms with Gasteiger partial charge in [0.1, 0.15) is 12.5 Å². The van der Waals surface area contributed by atoms with Crippen LogP contribution >= 0.6 is 0 Å². The van der Waals surface area contributed by atoms with E-state index in [1.807, 2.05) is 6.79 Å². The highest BCUT2D eigenvalue weighted by atomic mass is 16.5. The zero-order valence-corrected chi connectivity index (χ0v) is 5.78. The van der Waals surface area contributed by atoms with E-state index < -0.39 is 0 Å². The second-order valence-corrected chi connectivity index (χ2v) is 1.39. The molecule has 0 spiro atoms. The number of rotatable bonds is 1. The van der Waals surface area contributed by atoms with E-state index in [0.29, 0.717) is 0 Å². The minimum atomic E-state index is 0.847. The fourth-order valence-electron chi connectivity index (χ4n) is 0.474. The van der Waals surface area contributed by atoms with Crippen molar-refractivity contribution in [1.82, 2.24) is 4.98 Å². The van der Waals surface area contributed by atoms with Crippen LogP contribution in [0.3, 0.4) is 0 Å². The minimum absolute atomic E-state index is 0.847. The number of nitrogens with zero attached hydrogens (tertiary/aromatic N) is 1. The molecule has 1 rings (SSSR count). The molecule has 0 amide bonds. The Hall–Kier alpha value is -1.38. The van der Waals surface area contributed by atoms with Crippen molar-refractivity contribution in [2.24, 2.45) is 0 Å². The summed E-state index contributed by atoms with van der Waals surface area (Å²) in [7, 11) is 1.63. The number of aromatic nitrogens is 1. The van der Waals surface area contributed by atoms with Gasteiger partial charge in [0.2, 0.25) is 0 Å². The van der Waals surface area contributed by atoms with Crippen LogP contribution in [0.25, 0.3) is 0 Å². The van der Waals surface area contributed by atoms with Gasteiger partial charge in [-0.05, 0) is 12.1 Å². The Kier molecular flexibility index (Phi) is 4.96. The van der Waals surface area contributed by atoms with Gasteiger partial charge < -0.3 is 9.53 Å². The van der Waals surface area contributed by atoms with E-state index in [0.717, 1.165) is 5.75 Å². The summed E-state index contributed by atoms with van der Waals surface area (Å²) in [5.74, 6) is 0.847. The molecule has 3 nitrogen and oxygen atoms in total. The Labute approximate surface area is 59.7 Å². The van der Waals surface area contributed by atoms with Crippen LogP contribution in [0.4, 0.5) is 0 Å². The molecule has 0 radical (unpaired) electrons. The monoisotopic (exact) mass is 139 g/mol. The molecule has 0 fully saturated rings. The highest BCUT2D eigenvalue weighted by Gasteiger charge is 1.81. The summed E-state index contributed by atoms with van der Waals surface area (Å²) >= 11 is 0. The van der Waals surface area contributed by atoms with Crippen LogP contribution < -0.4 is 4.74 Å². The molecular weight excluding hydrogens is 130 g/mol. The fourth-order valence-corrected chi connectivity index (χ4v) is 0.474. The molecule has 0 aliphatic carbocycles. The molecule has 1 aromatic heterocycles. The number of carbonyl (C=O) groups is 1. The molecule has 0 N–H and O–H groups in total. The third-order valence-electron chi connectivity index (χ3n) is 0.885. The van der Waals surface area contributed by atoms with E-state index in [4.69, 9.17) is 9.53 Å². The lowest BCUT2D eigenvalue weighted by Gasteiger charge is -1.93. The van der Waals surface area contributed by atoms with Gasteiger partial charge in [-0.3, -0.25) is 4.98 Å². The molecule has 54 valence electrons. The van der Waals surface area contributed by atoms with Crippen molar-refractivity contribution >= 4 is 6.79 Å². The van der Waals surface area contributed by atoms with Crippen LogP contribution in [-0.4, -0.2) is 18.9 Å². The molecule has 0 saturated carbocycles. The predicted octanol–water partition coefficient (Wildman–Crippen LogP) is 0.905. The summed E-state index contributed by atoms with van der Waals surface area (Å²) in [4.78, 5) is 11.8.